The first-order valence-electron chi connectivity index (χ1n) is 13.6. The van der Waals surface area contributed by atoms with Gasteiger partial charge in [0.05, 0.1) is 13.7 Å². The van der Waals surface area contributed by atoms with Crippen LogP contribution in [-0.2, 0) is 19.1 Å². The van der Waals surface area contributed by atoms with Crippen LogP contribution in [0.3, 0.4) is 0 Å². The van der Waals surface area contributed by atoms with Gasteiger partial charge in [0, 0.05) is 18.7 Å². The molecule has 13 nitrogen and oxygen atoms in total. The van der Waals surface area contributed by atoms with E-state index < -0.39 is 36.2 Å². The van der Waals surface area contributed by atoms with Crippen molar-refractivity contribution in [3.63, 3.8) is 0 Å². The van der Waals surface area contributed by atoms with Gasteiger partial charge < -0.3 is 36.3 Å². The van der Waals surface area contributed by atoms with Gasteiger partial charge in [0.1, 0.15) is 23.4 Å². The van der Waals surface area contributed by atoms with Gasteiger partial charge in [-0.3, -0.25) is 25.4 Å². The number of anilines is 1. The molecule has 1 rings (SSSR count). The fraction of sp³-hybridized carbons (Fsp3) is 0.630. The Morgan fingerprint density at radius 1 is 1.00 bits per heavy atom. The van der Waals surface area contributed by atoms with E-state index in [2.05, 4.69) is 21.3 Å². The van der Waals surface area contributed by atoms with Gasteiger partial charge in [-0.15, -0.1) is 0 Å². The van der Waals surface area contributed by atoms with Crippen molar-refractivity contribution in [2.24, 2.45) is 17.4 Å². The summed E-state index contributed by atoms with van der Waals surface area (Å²) in [6, 6.07) is 2.77. The van der Waals surface area contributed by atoms with Gasteiger partial charge in [-0.1, -0.05) is 26.7 Å². The van der Waals surface area contributed by atoms with Crippen molar-refractivity contribution in [3.8, 4) is 5.75 Å². The number of hydrogen-bond donors (Lipinski definition) is 7. The van der Waals surface area contributed by atoms with E-state index in [1.54, 1.807) is 13.8 Å². The van der Waals surface area contributed by atoms with Crippen LogP contribution in [-0.4, -0.2) is 74.0 Å². The quantitative estimate of drug-likeness (QED) is 0.0703. The summed E-state index contributed by atoms with van der Waals surface area (Å²) in [5.41, 5.74) is 11.4. The summed E-state index contributed by atoms with van der Waals surface area (Å²) in [6.45, 7) is 6.18. The minimum absolute atomic E-state index is 0.216. The highest BCUT2D eigenvalue weighted by Gasteiger charge is 2.28. The maximum Gasteiger partial charge on any atom is 0.341 e. The number of carbonyl (C=O) groups is 4. The summed E-state index contributed by atoms with van der Waals surface area (Å²) >= 11 is 0. The van der Waals surface area contributed by atoms with Crippen molar-refractivity contribution in [3.05, 3.63) is 23.8 Å². The molecule has 226 valence electrons. The molecule has 40 heavy (non-hydrogen) atoms. The van der Waals surface area contributed by atoms with E-state index >= 15 is 0 Å². The Labute approximate surface area is 236 Å². The predicted octanol–water partition coefficient (Wildman–Crippen LogP) is 0.560. The Morgan fingerprint density at radius 2 is 1.70 bits per heavy atom. The number of ether oxygens (including phenoxy) is 2. The summed E-state index contributed by atoms with van der Waals surface area (Å²) in [7, 11) is 1.27. The highest BCUT2D eigenvalue weighted by Crippen LogP contribution is 2.25. The number of nitrogens with two attached hydrogens (primary N) is 2. The molecule has 0 radical (unpaired) electrons. The molecule has 0 aromatic heterocycles. The first kappa shape index (κ1) is 34.8. The molecule has 0 spiro atoms. The lowest BCUT2D eigenvalue weighted by atomic mass is 10.0. The van der Waals surface area contributed by atoms with Gasteiger partial charge in [0.15, 0.2) is 6.35 Å². The van der Waals surface area contributed by atoms with E-state index in [1.165, 1.54) is 32.2 Å². The molecule has 0 saturated carbocycles. The van der Waals surface area contributed by atoms with Gasteiger partial charge >= 0.3 is 5.97 Å². The Bertz CT molecular complexity index is 957. The standard InChI is InChI=1S/C27H46N6O7/c1-17(2)23(31-18(3)34)25(36)33-21(10-9-14-30-27(29)38)24(35)32-19-11-12-20(26(37)39-4)22(16-19)40-15-8-6-5-7-13-28/h11-12,16-17,21,23,27,30,38H,5-10,13-15,28-29H2,1-4H3,(H,31,34)(H,32,35)(H,33,36)/t21-,23-,27?/m0/s1. The molecule has 0 fully saturated rings. The fourth-order valence-corrected chi connectivity index (χ4v) is 3.85. The number of unbranched alkanes of at least 4 members (excludes halogenated alkanes) is 3. The van der Waals surface area contributed by atoms with Crippen molar-refractivity contribution in [1.29, 1.82) is 0 Å². The molecule has 13 heteroatoms. The third kappa shape index (κ3) is 13.2. The van der Waals surface area contributed by atoms with Gasteiger partial charge in [-0.05, 0) is 56.8 Å². The van der Waals surface area contributed by atoms with Crippen LogP contribution in [0.4, 0.5) is 5.69 Å². The molecule has 1 aromatic rings. The SMILES string of the molecule is COC(=O)c1ccc(NC(=O)[C@H](CCCNC(N)O)NC(=O)[C@@H](NC(C)=O)C(C)C)cc1OCCCCCCN. The van der Waals surface area contributed by atoms with Gasteiger partial charge in [-0.25, -0.2) is 4.79 Å². The molecule has 1 aromatic carbocycles. The monoisotopic (exact) mass is 566 g/mol. The van der Waals surface area contributed by atoms with Crippen LogP contribution < -0.4 is 37.5 Å². The van der Waals surface area contributed by atoms with Gasteiger partial charge in [0.25, 0.3) is 0 Å². The number of amides is 3. The molecular weight excluding hydrogens is 520 g/mol. The maximum atomic E-state index is 13.3. The molecule has 0 heterocycles. The van der Waals surface area contributed by atoms with E-state index in [-0.39, 0.29) is 29.6 Å². The second-order valence-electron chi connectivity index (χ2n) is 9.77. The molecule has 3 atom stereocenters. The zero-order valence-electron chi connectivity index (χ0n) is 24.0. The smallest absolute Gasteiger partial charge is 0.341 e. The van der Waals surface area contributed by atoms with E-state index in [4.69, 9.17) is 20.9 Å². The predicted molar refractivity (Wildman–Crippen MR) is 151 cm³/mol. The number of aliphatic hydroxyl groups excluding tert-OH is 1. The van der Waals surface area contributed by atoms with Crippen LogP contribution in [0, 0.1) is 5.92 Å². The molecular formula is C27H46N6O7. The molecule has 0 aliphatic carbocycles. The lowest BCUT2D eigenvalue weighted by molar-refractivity contribution is -0.131. The Hall–Kier alpha value is -3.26. The average Bonchev–Trinajstić information content (AvgIpc) is 2.90. The second kappa shape index (κ2) is 18.9. The highest BCUT2D eigenvalue weighted by atomic mass is 16.5. The lowest BCUT2D eigenvalue weighted by Gasteiger charge is -2.25. The minimum Gasteiger partial charge on any atom is -0.493 e. The van der Waals surface area contributed by atoms with Crippen molar-refractivity contribution < 1.29 is 33.8 Å². The summed E-state index contributed by atoms with van der Waals surface area (Å²) in [6.07, 6.45) is 3.01. The summed E-state index contributed by atoms with van der Waals surface area (Å²) in [5, 5.41) is 20.0. The summed E-state index contributed by atoms with van der Waals surface area (Å²) < 4.78 is 10.7. The van der Waals surface area contributed by atoms with Crippen LogP contribution in [0.15, 0.2) is 18.2 Å². The number of aliphatic hydroxyl groups is 1. The molecule has 0 aliphatic rings. The van der Waals surface area contributed by atoms with Crippen LogP contribution in [0.5, 0.6) is 5.75 Å². The third-order valence-corrected chi connectivity index (χ3v) is 5.97. The summed E-state index contributed by atoms with van der Waals surface area (Å²) in [4.78, 5) is 50.1. The van der Waals surface area contributed by atoms with E-state index in [0.717, 1.165) is 25.7 Å². The first-order chi connectivity index (χ1) is 19.0. The third-order valence-electron chi connectivity index (χ3n) is 5.97. The Kier molecular flexibility index (Phi) is 16.4. The van der Waals surface area contributed by atoms with Crippen LogP contribution in [0.25, 0.3) is 0 Å². The lowest BCUT2D eigenvalue weighted by Crippen LogP contribution is -2.54. The normalized spacial score (nSPS) is 13.2. The van der Waals surface area contributed by atoms with E-state index in [9.17, 15) is 24.3 Å². The van der Waals surface area contributed by atoms with Gasteiger partial charge in [0.2, 0.25) is 17.7 Å². The number of rotatable bonds is 19. The van der Waals surface area contributed by atoms with E-state index in [0.29, 0.717) is 31.8 Å². The second-order valence-corrected chi connectivity index (χ2v) is 9.77. The summed E-state index contributed by atoms with van der Waals surface area (Å²) in [5.74, 6) is -1.91. The molecule has 0 saturated heterocycles. The topological polar surface area (TPSA) is 207 Å². The van der Waals surface area contributed by atoms with Gasteiger partial charge in [-0.2, -0.15) is 0 Å². The van der Waals surface area contributed by atoms with Crippen LogP contribution in [0.1, 0.15) is 69.7 Å². The average molecular weight is 567 g/mol. The van der Waals surface area contributed by atoms with Crippen LogP contribution in [0.2, 0.25) is 0 Å². The number of esters is 1. The molecule has 1 unspecified atom stereocenters. The maximum absolute atomic E-state index is 13.3. The van der Waals surface area contributed by atoms with Crippen molar-refractivity contribution in [1.82, 2.24) is 16.0 Å². The zero-order chi connectivity index (χ0) is 30.1. The molecule has 0 bridgehead atoms. The van der Waals surface area contributed by atoms with Crippen molar-refractivity contribution >= 4 is 29.4 Å². The minimum atomic E-state index is -1.21. The molecule has 9 N–H and O–H groups in total. The number of methoxy groups -OCH3 is 1. The first-order valence-corrected chi connectivity index (χ1v) is 13.6. The Morgan fingerprint density at radius 3 is 2.30 bits per heavy atom. The fourth-order valence-electron chi connectivity index (χ4n) is 3.85. The van der Waals surface area contributed by atoms with E-state index in [1.807, 2.05) is 0 Å². The number of benzene rings is 1. The Balaban J connectivity index is 3.06. The highest BCUT2D eigenvalue weighted by molar-refractivity contribution is 5.99. The molecule has 0 aliphatic heterocycles. The van der Waals surface area contributed by atoms with Crippen LogP contribution >= 0.6 is 0 Å². The molecule has 3 amide bonds. The zero-order valence-corrected chi connectivity index (χ0v) is 24.0. The van der Waals surface area contributed by atoms with Crippen molar-refractivity contribution in [2.45, 2.75) is 77.7 Å². The van der Waals surface area contributed by atoms with Crippen molar-refractivity contribution in [2.75, 3.05) is 32.1 Å². The number of nitrogens with one attached hydrogen (secondary N) is 4. The number of carbonyl (C=O) groups excluding carboxylic acids is 4. The largest absolute Gasteiger partial charge is 0.493 e. The number of hydrogen-bond acceptors (Lipinski definition) is 10.